The molecule has 130 valence electrons. The van der Waals surface area contributed by atoms with Crippen LogP contribution in [0.1, 0.15) is 17.5 Å². The van der Waals surface area contributed by atoms with Gasteiger partial charge in [-0.15, -0.1) is 0 Å². The van der Waals surface area contributed by atoms with Gasteiger partial charge < -0.3 is 10.1 Å². The summed E-state index contributed by atoms with van der Waals surface area (Å²) in [7, 11) is 0. The van der Waals surface area contributed by atoms with Crippen molar-refractivity contribution in [3.8, 4) is 11.8 Å². The monoisotopic (exact) mass is 396 g/mol. The number of carbonyl (C=O) groups is 1. The second-order valence-corrected chi connectivity index (χ2v) is 6.43. The van der Waals surface area contributed by atoms with E-state index in [-0.39, 0.29) is 18.9 Å². The summed E-state index contributed by atoms with van der Waals surface area (Å²) < 4.78 is 5.85. The number of hydrogen-bond acceptors (Lipinski definition) is 3. The summed E-state index contributed by atoms with van der Waals surface area (Å²) in [5, 5.41) is 12.8. The van der Waals surface area contributed by atoms with E-state index in [9.17, 15) is 4.79 Å². The molecule has 4 nitrogen and oxygen atoms in total. The fraction of sp³-hybridized carbons (Fsp3) is 0.222. The van der Waals surface area contributed by atoms with E-state index in [1.807, 2.05) is 0 Å². The molecule has 0 radical (unpaired) electrons. The van der Waals surface area contributed by atoms with Gasteiger partial charge in [0.25, 0.3) is 0 Å². The lowest BCUT2D eigenvalue weighted by molar-refractivity contribution is -0.120. The van der Waals surface area contributed by atoms with Crippen LogP contribution in [0.3, 0.4) is 0 Å². The van der Waals surface area contributed by atoms with Crippen molar-refractivity contribution in [1.29, 1.82) is 5.26 Å². The van der Waals surface area contributed by atoms with Crippen molar-refractivity contribution >= 4 is 40.7 Å². The van der Waals surface area contributed by atoms with E-state index in [0.29, 0.717) is 39.3 Å². The van der Waals surface area contributed by atoms with Gasteiger partial charge in [-0.2, -0.15) is 5.26 Å². The van der Waals surface area contributed by atoms with Crippen LogP contribution < -0.4 is 10.1 Å². The maximum Gasteiger partial charge on any atom is 0.234 e. The van der Waals surface area contributed by atoms with Gasteiger partial charge in [0.2, 0.25) is 5.91 Å². The summed E-state index contributed by atoms with van der Waals surface area (Å²) in [6, 6.07) is 12.3. The average Bonchev–Trinajstić information content (AvgIpc) is 2.56. The highest BCUT2D eigenvalue weighted by atomic mass is 35.5. The lowest BCUT2D eigenvalue weighted by Gasteiger charge is -2.14. The number of halogens is 3. The minimum Gasteiger partial charge on any atom is -0.489 e. The quantitative estimate of drug-likeness (QED) is 0.730. The molecule has 0 aliphatic heterocycles. The molecule has 0 bridgehead atoms. The molecule has 2 aromatic rings. The van der Waals surface area contributed by atoms with Crippen LogP contribution in [-0.2, 0) is 17.8 Å². The van der Waals surface area contributed by atoms with Gasteiger partial charge in [0.15, 0.2) is 0 Å². The van der Waals surface area contributed by atoms with E-state index >= 15 is 0 Å². The molecule has 1 amide bonds. The Hall–Kier alpha value is -1.93. The van der Waals surface area contributed by atoms with Gasteiger partial charge in [-0.3, -0.25) is 4.79 Å². The maximum absolute atomic E-state index is 11.4. The Kier molecular flexibility index (Phi) is 7.39. The molecule has 25 heavy (non-hydrogen) atoms. The third-order valence-corrected chi connectivity index (χ3v) is 4.36. The van der Waals surface area contributed by atoms with Gasteiger partial charge >= 0.3 is 0 Å². The molecule has 0 heterocycles. The molecule has 1 N–H and O–H groups in total. The van der Waals surface area contributed by atoms with E-state index in [2.05, 4.69) is 5.32 Å². The zero-order valence-electron chi connectivity index (χ0n) is 13.2. The normalized spacial score (nSPS) is 10.2. The van der Waals surface area contributed by atoms with Crippen molar-refractivity contribution < 1.29 is 9.53 Å². The predicted molar refractivity (Wildman–Crippen MR) is 99.2 cm³/mol. The molecule has 0 aliphatic rings. The van der Waals surface area contributed by atoms with Gasteiger partial charge in [0.05, 0.1) is 6.07 Å². The largest absolute Gasteiger partial charge is 0.489 e. The minimum atomic E-state index is -0.310. The Morgan fingerprint density at radius 3 is 2.56 bits per heavy atom. The van der Waals surface area contributed by atoms with Crippen LogP contribution in [-0.4, -0.2) is 12.5 Å². The third kappa shape index (κ3) is 5.82. The molecule has 0 fully saturated rings. The SMILES string of the molecule is N#CCC(=O)NCCc1cc(Cl)ccc1OCc1c(Cl)cccc1Cl. The van der Waals surface area contributed by atoms with Crippen LogP contribution in [0.25, 0.3) is 0 Å². The molecular formula is C18H15Cl3N2O2. The number of rotatable bonds is 7. The number of amides is 1. The zero-order chi connectivity index (χ0) is 18.2. The van der Waals surface area contributed by atoms with Crippen molar-refractivity contribution in [1.82, 2.24) is 5.32 Å². The Morgan fingerprint density at radius 2 is 1.88 bits per heavy atom. The van der Waals surface area contributed by atoms with Gasteiger partial charge in [0, 0.05) is 27.2 Å². The molecule has 0 saturated carbocycles. The molecule has 0 atom stereocenters. The summed E-state index contributed by atoms with van der Waals surface area (Å²) in [5.41, 5.74) is 1.54. The number of hydrogen-bond donors (Lipinski definition) is 1. The molecule has 0 saturated heterocycles. The number of nitrogens with zero attached hydrogens (tertiary/aromatic N) is 1. The minimum absolute atomic E-state index is 0.163. The summed E-state index contributed by atoms with van der Waals surface area (Å²) in [6.45, 7) is 0.595. The van der Waals surface area contributed by atoms with E-state index in [0.717, 1.165) is 5.56 Å². The van der Waals surface area contributed by atoms with Crippen LogP contribution in [0.2, 0.25) is 15.1 Å². The van der Waals surface area contributed by atoms with E-state index in [1.165, 1.54) is 0 Å². The molecule has 0 aromatic heterocycles. The molecule has 0 aliphatic carbocycles. The molecule has 0 spiro atoms. The summed E-state index contributed by atoms with van der Waals surface area (Å²) >= 11 is 18.3. The van der Waals surface area contributed by atoms with E-state index < -0.39 is 0 Å². The fourth-order valence-corrected chi connectivity index (χ4v) is 2.88. The lowest BCUT2D eigenvalue weighted by Crippen LogP contribution is -2.25. The number of nitrogens with one attached hydrogen (secondary N) is 1. The first kappa shape index (κ1) is 19.4. The predicted octanol–water partition coefficient (Wildman–Crippen LogP) is 4.80. The number of carbonyl (C=O) groups excluding carboxylic acids is 1. The smallest absolute Gasteiger partial charge is 0.234 e. The second kappa shape index (κ2) is 9.53. The van der Waals surface area contributed by atoms with Crippen LogP contribution >= 0.6 is 34.8 Å². The van der Waals surface area contributed by atoms with Gasteiger partial charge in [-0.05, 0) is 42.3 Å². The first-order valence-electron chi connectivity index (χ1n) is 7.49. The zero-order valence-corrected chi connectivity index (χ0v) is 15.5. The topological polar surface area (TPSA) is 62.1 Å². The number of ether oxygens (including phenoxy) is 1. The molecule has 0 unspecified atom stereocenters. The Labute approximate surface area is 161 Å². The molecule has 7 heteroatoms. The molecule has 2 rings (SSSR count). The Bertz CT molecular complexity index is 783. The summed E-state index contributed by atoms with van der Waals surface area (Å²) in [5.74, 6) is 0.324. The average molecular weight is 398 g/mol. The third-order valence-electron chi connectivity index (χ3n) is 3.41. The van der Waals surface area contributed by atoms with Crippen LogP contribution in [0.4, 0.5) is 0 Å². The second-order valence-electron chi connectivity index (χ2n) is 5.18. The number of benzene rings is 2. The Morgan fingerprint density at radius 1 is 1.16 bits per heavy atom. The maximum atomic E-state index is 11.4. The molecular weight excluding hydrogens is 383 g/mol. The Balaban J connectivity index is 2.05. The van der Waals surface area contributed by atoms with Crippen LogP contribution in [0.5, 0.6) is 5.75 Å². The first-order chi connectivity index (χ1) is 12.0. The first-order valence-corrected chi connectivity index (χ1v) is 8.62. The van der Waals surface area contributed by atoms with Crippen molar-refractivity contribution in [2.24, 2.45) is 0 Å². The van der Waals surface area contributed by atoms with Crippen LogP contribution in [0, 0.1) is 11.3 Å². The molecule has 2 aromatic carbocycles. The van der Waals surface area contributed by atoms with Crippen molar-refractivity contribution in [2.75, 3.05) is 6.54 Å². The summed E-state index contributed by atoms with van der Waals surface area (Å²) in [4.78, 5) is 11.4. The van der Waals surface area contributed by atoms with Gasteiger partial charge in [-0.1, -0.05) is 40.9 Å². The highest BCUT2D eigenvalue weighted by Crippen LogP contribution is 2.28. The van der Waals surface area contributed by atoms with E-state index in [1.54, 1.807) is 42.5 Å². The standard InChI is InChI=1S/C18H15Cl3N2O2/c19-13-4-5-17(12(10-13)7-9-23-18(24)6-8-22)25-11-14-15(20)2-1-3-16(14)21/h1-5,10H,6-7,9,11H2,(H,23,24). The highest BCUT2D eigenvalue weighted by molar-refractivity contribution is 6.36. The summed E-state index contributed by atoms with van der Waals surface area (Å²) in [6.07, 6.45) is 0.354. The van der Waals surface area contributed by atoms with Crippen molar-refractivity contribution in [3.63, 3.8) is 0 Å². The van der Waals surface area contributed by atoms with Gasteiger partial charge in [0.1, 0.15) is 18.8 Å². The fourth-order valence-electron chi connectivity index (χ4n) is 2.18. The van der Waals surface area contributed by atoms with E-state index in [4.69, 9.17) is 44.8 Å². The lowest BCUT2D eigenvalue weighted by atomic mass is 10.1. The highest BCUT2D eigenvalue weighted by Gasteiger charge is 2.10. The van der Waals surface area contributed by atoms with Crippen LogP contribution in [0.15, 0.2) is 36.4 Å². The van der Waals surface area contributed by atoms with Crippen molar-refractivity contribution in [3.05, 3.63) is 62.6 Å². The van der Waals surface area contributed by atoms with Crippen molar-refractivity contribution in [2.45, 2.75) is 19.4 Å². The van der Waals surface area contributed by atoms with Gasteiger partial charge in [-0.25, -0.2) is 0 Å². The number of nitriles is 1.